The van der Waals surface area contributed by atoms with E-state index in [0.29, 0.717) is 11.9 Å². The van der Waals surface area contributed by atoms with E-state index in [1.54, 1.807) is 11.3 Å². The smallest absolute Gasteiger partial charge is 0.231 e. The van der Waals surface area contributed by atoms with E-state index in [0.717, 1.165) is 26.1 Å². The van der Waals surface area contributed by atoms with Crippen LogP contribution in [0.15, 0.2) is 17.5 Å². The first kappa shape index (κ1) is 14.5. The summed E-state index contributed by atoms with van der Waals surface area (Å²) in [5, 5.41) is 5.58. The molecule has 21 heavy (non-hydrogen) atoms. The number of rotatable bonds is 5. The van der Waals surface area contributed by atoms with E-state index in [4.69, 9.17) is 11.6 Å². The lowest BCUT2D eigenvalue weighted by Crippen LogP contribution is -2.31. The van der Waals surface area contributed by atoms with Crippen LogP contribution in [0.2, 0.25) is 5.28 Å². The van der Waals surface area contributed by atoms with Crippen LogP contribution in [0, 0.1) is 0 Å². The Morgan fingerprint density at radius 1 is 1.19 bits per heavy atom. The molecular weight excluding hydrogens is 306 g/mol. The predicted molar refractivity (Wildman–Crippen MR) is 87.4 cm³/mol. The highest BCUT2D eigenvalue weighted by atomic mass is 35.5. The Morgan fingerprint density at radius 2 is 2.05 bits per heavy atom. The number of hydrogen-bond acceptors (Lipinski definition) is 6. The van der Waals surface area contributed by atoms with E-state index in [-0.39, 0.29) is 5.28 Å². The van der Waals surface area contributed by atoms with Crippen LogP contribution in [0.4, 0.5) is 11.9 Å². The molecule has 0 saturated carbocycles. The second-order valence-corrected chi connectivity index (χ2v) is 6.40. The Hall–Kier alpha value is -1.40. The number of anilines is 2. The fourth-order valence-corrected chi connectivity index (χ4v) is 3.27. The number of piperidine rings is 1. The van der Waals surface area contributed by atoms with Crippen LogP contribution >= 0.6 is 22.9 Å². The van der Waals surface area contributed by atoms with Crippen molar-refractivity contribution in [3.8, 4) is 0 Å². The summed E-state index contributed by atoms with van der Waals surface area (Å²) in [5.74, 6) is 1.25. The van der Waals surface area contributed by atoms with Crippen molar-refractivity contribution in [2.24, 2.45) is 0 Å². The third-order valence-electron chi connectivity index (χ3n) is 3.47. The second-order valence-electron chi connectivity index (χ2n) is 5.03. The quantitative estimate of drug-likeness (QED) is 0.915. The lowest BCUT2D eigenvalue weighted by atomic mass is 10.1. The number of nitrogens with one attached hydrogen (secondary N) is 1. The van der Waals surface area contributed by atoms with Gasteiger partial charge in [-0.1, -0.05) is 6.07 Å². The molecule has 1 aliphatic heterocycles. The molecule has 1 N–H and O–H groups in total. The SMILES string of the molecule is Clc1nc(NCCc2cccs2)nc(N2CCCCC2)n1. The van der Waals surface area contributed by atoms with Gasteiger partial charge in [0.1, 0.15) is 0 Å². The van der Waals surface area contributed by atoms with Gasteiger partial charge >= 0.3 is 0 Å². The molecule has 3 heterocycles. The highest BCUT2D eigenvalue weighted by Crippen LogP contribution is 2.18. The summed E-state index contributed by atoms with van der Waals surface area (Å²) in [7, 11) is 0. The lowest BCUT2D eigenvalue weighted by Gasteiger charge is -2.26. The number of halogens is 1. The molecule has 0 bridgehead atoms. The molecule has 0 aromatic carbocycles. The molecule has 0 radical (unpaired) electrons. The van der Waals surface area contributed by atoms with Gasteiger partial charge < -0.3 is 10.2 Å². The summed E-state index contributed by atoms with van der Waals surface area (Å²) in [6.07, 6.45) is 4.61. The predicted octanol–water partition coefficient (Wildman–Crippen LogP) is 3.23. The van der Waals surface area contributed by atoms with Crippen molar-refractivity contribution in [2.75, 3.05) is 29.9 Å². The molecule has 112 valence electrons. The molecule has 5 nitrogen and oxygen atoms in total. The molecule has 0 spiro atoms. The fraction of sp³-hybridized carbons (Fsp3) is 0.500. The molecule has 0 aliphatic carbocycles. The van der Waals surface area contributed by atoms with Gasteiger partial charge in [-0.05, 0) is 48.7 Å². The van der Waals surface area contributed by atoms with Crippen LogP contribution in [-0.2, 0) is 6.42 Å². The van der Waals surface area contributed by atoms with Crippen molar-refractivity contribution >= 4 is 34.8 Å². The zero-order valence-electron chi connectivity index (χ0n) is 11.8. The van der Waals surface area contributed by atoms with Crippen molar-refractivity contribution in [1.82, 2.24) is 15.0 Å². The van der Waals surface area contributed by atoms with Crippen LogP contribution < -0.4 is 10.2 Å². The van der Waals surface area contributed by atoms with Gasteiger partial charge in [-0.15, -0.1) is 11.3 Å². The standard InChI is InChI=1S/C14H18ClN5S/c15-12-17-13(16-7-6-11-5-4-10-21-11)19-14(18-12)20-8-2-1-3-9-20/h4-5,10H,1-3,6-9H2,(H,16,17,18,19). The van der Waals surface area contributed by atoms with Gasteiger partial charge in [-0.3, -0.25) is 0 Å². The van der Waals surface area contributed by atoms with Gasteiger partial charge in [0.2, 0.25) is 17.2 Å². The van der Waals surface area contributed by atoms with Gasteiger partial charge in [0.15, 0.2) is 0 Å². The Labute approximate surface area is 133 Å². The third kappa shape index (κ3) is 4.04. The van der Waals surface area contributed by atoms with Crippen LogP contribution in [0.1, 0.15) is 24.1 Å². The van der Waals surface area contributed by atoms with E-state index in [1.807, 2.05) is 0 Å². The van der Waals surface area contributed by atoms with Crippen molar-refractivity contribution in [2.45, 2.75) is 25.7 Å². The first-order chi connectivity index (χ1) is 10.3. The highest BCUT2D eigenvalue weighted by molar-refractivity contribution is 7.09. The highest BCUT2D eigenvalue weighted by Gasteiger charge is 2.15. The van der Waals surface area contributed by atoms with E-state index >= 15 is 0 Å². The molecule has 3 rings (SSSR count). The molecule has 2 aromatic heterocycles. The Kier molecular flexibility index (Phi) is 4.87. The average Bonchev–Trinajstić information content (AvgIpc) is 3.01. The minimum atomic E-state index is 0.254. The van der Waals surface area contributed by atoms with Crippen molar-refractivity contribution in [3.05, 3.63) is 27.7 Å². The molecule has 1 fully saturated rings. The van der Waals surface area contributed by atoms with Gasteiger partial charge in [0.25, 0.3) is 0 Å². The topological polar surface area (TPSA) is 53.9 Å². The summed E-state index contributed by atoms with van der Waals surface area (Å²) in [4.78, 5) is 16.4. The van der Waals surface area contributed by atoms with Crippen molar-refractivity contribution < 1.29 is 0 Å². The third-order valence-corrected chi connectivity index (χ3v) is 4.58. The zero-order valence-corrected chi connectivity index (χ0v) is 13.3. The molecule has 1 aliphatic rings. The largest absolute Gasteiger partial charge is 0.354 e. The van der Waals surface area contributed by atoms with E-state index in [9.17, 15) is 0 Å². The maximum atomic E-state index is 6.02. The fourth-order valence-electron chi connectivity index (χ4n) is 2.41. The van der Waals surface area contributed by atoms with Gasteiger partial charge in [0, 0.05) is 24.5 Å². The molecule has 7 heteroatoms. The van der Waals surface area contributed by atoms with Gasteiger partial charge in [0.05, 0.1) is 0 Å². The summed E-state index contributed by atoms with van der Waals surface area (Å²) < 4.78 is 0. The summed E-state index contributed by atoms with van der Waals surface area (Å²) in [6.45, 7) is 2.78. The monoisotopic (exact) mass is 323 g/mol. The van der Waals surface area contributed by atoms with Crippen LogP contribution in [-0.4, -0.2) is 34.6 Å². The molecule has 0 amide bonds. The van der Waals surface area contributed by atoms with Crippen LogP contribution in [0.25, 0.3) is 0 Å². The Balaban J connectivity index is 1.63. The Morgan fingerprint density at radius 3 is 2.81 bits per heavy atom. The maximum Gasteiger partial charge on any atom is 0.231 e. The molecule has 0 atom stereocenters. The Bertz CT molecular complexity index is 569. The van der Waals surface area contributed by atoms with E-state index in [2.05, 4.69) is 42.7 Å². The summed E-state index contributed by atoms with van der Waals surface area (Å²) in [5.41, 5.74) is 0. The number of nitrogens with zero attached hydrogens (tertiary/aromatic N) is 4. The molecular formula is C14H18ClN5S. The maximum absolute atomic E-state index is 6.02. The minimum Gasteiger partial charge on any atom is -0.354 e. The summed E-state index contributed by atoms with van der Waals surface area (Å²) in [6, 6.07) is 4.19. The molecule has 2 aromatic rings. The van der Waals surface area contributed by atoms with E-state index < -0.39 is 0 Å². The first-order valence-electron chi connectivity index (χ1n) is 7.24. The van der Waals surface area contributed by atoms with Crippen LogP contribution in [0.3, 0.4) is 0 Å². The summed E-state index contributed by atoms with van der Waals surface area (Å²) >= 11 is 7.78. The van der Waals surface area contributed by atoms with Crippen LogP contribution in [0.5, 0.6) is 0 Å². The van der Waals surface area contributed by atoms with Gasteiger partial charge in [-0.2, -0.15) is 15.0 Å². The average molecular weight is 324 g/mol. The number of hydrogen-bond donors (Lipinski definition) is 1. The lowest BCUT2D eigenvalue weighted by molar-refractivity contribution is 0.567. The normalized spacial score (nSPS) is 15.2. The molecule has 1 saturated heterocycles. The van der Waals surface area contributed by atoms with Gasteiger partial charge in [-0.25, -0.2) is 0 Å². The van der Waals surface area contributed by atoms with Crippen molar-refractivity contribution in [3.63, 3.8) is 0 Å². The number of aromatic nitrogens is 3. The van der Waals surface area contributed by atoms with Crippen molar-refractivity contribution in [1.29, 1.82) is 0 Å². The zero-order chi connectivity index (χ0) is 14.5. The number of thiophene rings is 1. The minimum absolute atomic E-state index is 0.254. The first-order valence-corrected chi connectivity index (χ1v) is 8.50. The van der Waals surface area contributed by atoms with E-state index in [1.165, 1.54) is 24.1 Å². The molecule has 0 unspecified atom stereocenters. The second kappa shape index (κ2) is 7.04.